The van der Waals surface area contributed by atoms with Gasteiger partial charge < -0.3 is 10.0 Å². The minimum absolute atomic E-state index is 0.0196. The van der Waals surface area contributed by atoms with Gasteiger partial charge in [0.1, 0.15) is 6.10 Å². The van der Waals surface area contributed by atoms with Gasteiger partial charge in [-0.2, -0.15) is 0 Å². The van der Waals surface area contributed by atoms with Crippen molar-refractivity contribution in [2.45, 2.75) is 59.1 Å². The number of imidazole rings is 1. The number of carbonyl (C=O) groups excluding carboxylic acids is 1. The number of hydrogen-bond donors (Lipinski definition) is 1. The summed E-state index contributed by atoms with van der Waals surface area (Å²) < 4.78 is 3.42. The lowest BCUT2D eigenvalue weighted by Crippen LogP contribution is -2.43. The third-order valence-corrected chi connectivity index (χ3v) is 6.36. The molecule has 0 bridgehead atoms. The lowest BCUT2D eigenvalue weighted by molar-refractivity contribution is -0.140. The first-order valence-corrected chi connectivity index (χ1v) is 11.7. The van der Waals surface area contributed by atoms with E-state index >= 15 is 0 Å². The predicted molar refractivity (Wildman–Crippen MR) is 130 cm³/mol. The van der Waals surface area contributed by atoms with Gasteiger partial charge in [-0.25, -0.2) is 9.78 Å². The Morgan fingerprint density at radius 2 is 2.00 bits per heavy atom. The van der Waals surface area contributed by atoms with Crippen LogP contribution in [0.4, 0.5) is 0 Å². The number of aliphatic hydroxyl groups excluding tert-OH is 1. The summed E-state index contributed by atoms with van der Waals surface area (Å²) in [6, 6.07) is 12.3. The standard InChI is InChI=1S/C26H34N4O3/c1-17(31)24(32)29-13-7-10-20(15-29)18-8-6-9-19(14-18)21-11-12-22-23(27-21)28(5)25(33)30(22)16-26(2,3)4/h6,8-9,11-12,14,17,20,31H,7,10,13,15-16H2,1-5H3. The zero-order chi connectivity index (χ0) is 23.9. The van der Waals surface area contributed by atoms with Crippen molar-refractivity contribution < 1.29 is 9.90 Å². The second kappa shape index (κ2) is 8.78. The summed E-state index contributed by atoms with van der Waals surface area (Å²) in [6.07, 6.45) is 0.952. The molecule has 2 atom stereocenters. The van der Waals surface area contributed by atoms with E-state index in [-0.39, 0.29) is 22.9 Å². The summed E-state index contributed by atoms with van der Waals surface area (Å²) in [5.74, 6) is 0.0195. The van der Waals surface area contributed by atoms with E-state index in [9.17, 15) is 14.7 Å². The first-order chi connectivity index (χ1) is 15.5. The molecule has 1 N–H and O–H groups in total. The summed E-state index contributed by atoms with van der Waals surface area (Å²) in [5, 5.41) is 9.69. The van der Waals surface area contributed by atoms with Crippen LogP contribution in [0.15, 0.2) is 41.2 Å². The Morgan fingerprint density at radius 1 is 1.24 bits per heavy atom. The number of likely N-dealkylation sites (tertiary alicyclic amines) is 1. The molecule has 33 heavy (non-hydrogen) atoms. The number of fused-ring (bicyclic) bond motifs is 1. The molecule has 1 aliphatic heterocycles. The van der Waals surface area contributed by atoms with Gasteiger partial charge in [0.25, 0.3) is 5.91 Å². The van der Waals surface area contributed by atoms with Crippen LogP contribution in [0.3, 0.4) is 0 Å². The van der Waals surface area contributed by atoms with Crippen molar-refractivity contribution in [3.8, 4) is 11.3 Å². The molecule has 7 heteroatoms. The second-order valence-electron chi connectivity index (χ2n) is 10.5. The van der Waals surface area contributed by atoms with Gasteiger partial charge in [-0.1, -0.05) is 39.0 Å². The topological polar surface area (TPSA) is 80.4 Å². The van der Waals surface area contributed by atoms with Gasteiger partial charge in [-0.05, 0) is 48.9 Å². The molecule has 3 aromatic rings. The zero-order valence-corrected chi connectivity index (χ0v) is 20.2. The van der Waals surface area contributed by atoms with E-state index < -0.39 is 6.10 Å². The number of rotatable bonds is 4. The Kier molecular flexibility index (Phi) is 6.18. The highest BCUT2D eigenvalue weighted by molar-refractivity contribution is 5.80. The summed E-state index contributed by atoms with van der Waals surface area (Å²) in [6.45, 7) is 9.81. The maximum atomic E-state index is 12.8. The molecule has 3 heterocycles. The fraction of sp³-hybridized carbons (Fsp3) is 0.500. The van der Waals surface area contributed by atoms with Gasteiger partial charge in [0.15, 0.2) is 5.65 Å². The van der Waals surface area contributed by atoms with E-state index in [1.165, 1.54) is 6.92 Å². The van der Waals surface area contributed by atoms with E-state index in [0.717, 1.165) is 35.2 Å². The maximum absolute atomic E-state index is 12.8. The van der Waals surface area contributed by atoms with Crippen molar-refractivity contribution in [3.05, 3.63) is 52.4 Å². The molecule has 7 nitrogen and oxygen atoms in total. The van der Waals surface area contributed by atoms with Crippen LogP contribution in [0.1, 0.15) is 52.0 Å². The third kappa shape index (κ3) is 4.74. The highest BCUT2D eigenvalue weighted by Gasteiger charge is 2.27. The smallest absolute Gasteiger partial charge is 0.330 e. The quantitative estimate of drug-likeness (QED) is 0.659. The molecule has 176 valence electrons. The molecular weight excluding hydrogens is 416 g/mol. The molecule has 1 aliphatic rings. The van der Waals surface area contributed by atoms with Crippen LogP contribution < -0.4 is 5.69 Å². The number of aliphatic hydroxyl groups is 1. The minimum atomic E-state index is -0.969. The van der Waals surface area contributed by atoms with Crippen LogP contribution in [0.5, 0.6) is 0 Å². The van der Waals surface area contributed by atoms with Gasteiger partial charge in [0.2, 0.25) is 0 Å². The van der Waals surface area contributed by atoms with Crippen LogP contribution in [-0.2, 0) is 18.4 Å². The van der Waals surface area contributed by atoms with E-state index in [4.69, 9.17) is 4.98 Å². The number of pyridine rings is 1. The van der Waals surface area contributed by atoms with Crippen molar-refractivity contribution in [1.82, 2.24) is 19.0 Å². The summed E-state index contributed by atoms with van der Waals surface area (Å²) >= 11 is 0. The van der Waals surface area contributed by atoms with Crippen molar-refractivity contribution in [1.29, 1.82) is 0 Å². The Balaban J connectivity index is 1.66. The Hall–Kier alpha value is -2.93. The number of benzene rings is 1. The van der Waals surface area contributed by atoms with Crippen LogP contribution in [0, 0.1) is 5.41 Å². The molecule has 0 aliphatic carbocycles. The highest BCUT2D eigenvalue weighted by atomic mass is 16.3. The number of amides is 1. The predicted octanol–water partition coefficient (Wildman–Crippen LogP) is 3.53. The highest BCUT2D eigenvalue weighted by Crippen LogP contribution is 2.30. The summed E-state index contributed by atoms with van der Waals surface area (Å²) in [5.41, 5.74) is 4.43. The van der Waals surface area contributed by atoms with Crippen molar-refractivity contribution in [3.63, 3.8) is 0 Å². The molecule has 4 rings (SSSR count). The van der Waals surface area contributed by atoms with Crippen molar-refractivity contribution in [2.75, 3.05) is 13.1 Å². The van der Waals surface area contributed by atoms with E-state index in [1.807, 2.05) is 24.3 Å². The lowest BCUT2D eigenvalue weighted by atomic mass is 9.89. The number of aromatic nitrogens is 3. The minimum Gasteiger partial charge on any atom is -0.384 e. The number of nitrogens with zero attached hydrogens (tertiary/aromatic N) is 4. The Morgan fingerprint density at radius 3 is 2.70 bits per heavy atom. The molecule has 1 aromatic carbocycles. The molecule has 2 aromatic heterocycles. The monoisotopic (exact) mass is 450 g/mol. The van der Waals surface area contributed by atoms with Crippen LogP contribution in [0.2, 0.25) is 0 Å². The lowest BCUT2D eigenvalue weighted by Gasteiger charge is -2.34. The average Bonchev–Trinajstić information content (AvgIpc) is 3.02. The van der Waals surface area contributed by atoms with Gasteiger partial charge in [-0.15, -0.1) is 0 Å². The molecule has 1 fully saturated rings. The summed E-state index contributed by atoms with van der Waals surface area (Å²) in [4.78, 5) is 31.7. The normalized spacial score (nSPS) is 18.0. The second-order valence-corrected chi connectivity index (χ2v) is 10.5. The molecule has 1 amide bonds. The molecule has 1 saturated heterocycles. The van der Waals surface area contributed by atoms with Crippen LogP contribution >= 0.6 is 0 Å². The number of aryl methyl sites for hydroxylation is 1. The largest absolute Gasteiger partial charge is 0.384 e. The van der Waals surface area contributed by atoms with E-state index in [2.05, 4.69) is 32.9 Å². The van der Waals surface area contributed by atoms with Crippen molar-refractivity contribution in [2.24, 2.45) is 12.5 Å². The first kappa shape index (κ1) is 23.2. The van der Waals surface area contributed by atoms with Crippen molar-refractivity contribution >= 4 is 17.1 Å². The van der Waals surface area contributed by atoms with Crippen LogP contribution in [0.25, 0.3) is 22.4 Å². The van der Waals surface area contributed by atoms with Crippen LogP contribution in [-0.4, -0.2) is 49.2 Å². The Labute approximate surface area is 194 Å². The van der Waals surface area contributed by atoms with E-state index in [0.29, 0.717) is 25.3 Å². The van der Waals surface area contributed by atoms with Gasteiger partial charge >= 0.3 is 5.69 Å². The number of piperidine rings is 1. The molecule has 0 radical (unpaired) electrons. The molecule has 2 unspecified atom stereocenters. The molecule has 0 spiro atoms. The average molecular weight is 451 g/mol. The van der Waals surface area contributed by atoms with Gasteiger partial charge in [-0.3, -0.25) is 13.9 Å². The maximum Gasteiger partial charge on any atom is 0.330 e. The zero-order valence-electron chi connectivity index (χ0n) is 20.2. The summed E-state index contributed by atoms with van der Waals surface area (Å²) in [7, 11) is 1.77. The fourth-order valence-corrected chi connectivity index (χ4v) is 4.73. The third-order valence-electron chi connectivity index (χ3n) is 6.36. The molecular formula is C26H34N4O3. The Bertz CT molecular complexity index is 1230. The van der Waals surface area contributed by atoms with Gasteiger partial charge in [0, 0.05) is 38.2 Å². The SMILES string of the molecule is CC(O)C(=O)N1CCCC(c2cccc(-c3ccc4c(n3)n(C)c(=O)n4CC(C)(C)C)c2)C1. The number of carbonyl (C=O) groups is 1. The van der Waals surface area contributed by atoms with E-state index in [1.54, 1.807) is 21.1 Å². The molecule has 0 saturated carbocycles. The fourth-order valence-electron chi connectivity index (χ4n) is 4.73. The van der Waals surface area contributed by atoms with Gasteiger partial charge in [0.05, 0.1) is 11.2 Å². The number of hydrogen-bond acceptors (Lipinski definition) is 4. The first-order valence-electron chi connectivity index (χ1n) is 11.7.